The first kappa shape index (κ1) is 16.9. The Balaban J connectivity index is 2.06. The van der Waals surface area contributed by atoms with Crippen LogP contribution >= 0.6 is 39.7 Å². The van der Waals surface area contributed by atoms with Crippen LogP contribution in [0.5, 0.6) is 5.75 Å². The topological polar surface area (TPSA) is 66.2 Å². The Morgan fingerprint density at radius 1 is 1.38 bits per heavy atom. The van der Waals surface area contributed by atoms with E-state index in [1.54, 1.807) is 12.1 Å². The summed E-state index contributed by atoms with van der Waals surface area (Å²) in [6.45, 7) is 2.00. The number of hydrogen-bond donors (Lipinski definition) is 2. The van der Waals surface area contributed by atoms with Crippen molar-refractivity contribution in [1.29, 1.82) is 0 Å². The quantitative estimate of drug-likeness (QED) is 0.464. The highest BCUT2D eigenvalue weighted by molar-refractivity contribution is 9.10. The van der Waals surface area contributed by atoms with Gasteiger partial charge in [-0.25, -0.2) is 5.10 Å². The summed E-state index contributed by atoms with van der Waals surface area (Å²) in [6.07, 6.45) is 1.48. The van der Waals surface area contributed by atoms with Crippen LogP contribution in [0, 0.1) is 11.7 Å². The van der Waals surface area contributed by atoms with Crippen molar-refractivity contribution in [3.05, 3.63) is 61.8 Å². The molecule has 2 N–H and O–H groups in total. The maximum Gasteiger partial charge on any atom is 0.216 e. The predicted octanol–water partition coefficient (Wildman–Crippen LogP) is 4.92. The number of nitrogens with zero attached hydrogens (tertiary/aromatic N) is 3. The van der Waals surface area contributed by atoms with Crippen molar-refractivity contribution >= 4 is 46.0 Å². The first-order valence-corrected chi connectivity index (χ1v) is 8.50. The number of H-pyrrole nitrogens is 1. The molecule has 0 aliphatic carbocycles. The number of rotatable bonds is 3. The molecule has 2 aromatic carbocycles. The third-order valence-electron chi connectivity index (χ3n) is 3.30. The molecule has 0 bridgehead atoms. The number of benzene rings is 2. The molecule has 5 nitrogen and oxygen atoms in total. The van der Waals surface area contributed by atoms with E-state index in [2.05, 4.69) is 31.2 Å². The largest absolute Gasteiger partial charge is 0.506 e. The molecule has 1 heterocycles. The van der Waals surface area contributed by atoms with Gasteiger partial charge in [0.25, 0.3) is 0 Å². The van der Waals surface area contributed by atoms with Gasteiger partial charge >= 0.3 is 0 Å². The van der Waals surface area contributed by atoms with Crippen molar-refractivity contribution in [2.24, 2.45) is 5.10 Å². The zero-order valence-electron chi connectivity index (χ0n) is 12.5. The number of phenolic OH excluding ortho intramolecular Hbond substituents is 1. The van der Waals surface area contributed by atoms with E-state index in [0.29, 0.717) is 25.7 Å². The number of phenols is 1. The molecule has 0 aliphatic heterocycles. The van der Waals surface area contributed by atoms with Crippen LogP contribution in [0.25, 0.3) is 11.4 Å². The Hall–Kier alpha value is -1.96. The number of aromatic nitrogens is 3. The molecule has 3 rings (SSSR count). The number of aryl methyl sites for hydroxylation is 1. The zero-order valence-corrected chi connectivity index (χ0v) is 15.7. The summed E-state index contributed by atoms with van der Waals surface area (Å²) < 4.78 is 2.34. The number of aromatic amines is 1. The summed E-state index contributed by atoms with van der Waals surface area (Å²) in [6, 6.07) is 11.1. The summed E-state index contributed by atoms with van der Waals surface area (Å²) in [5.41, 5.74) is 2.46. The lowest BCUT2D eigenvalue weighted by atomic mass is 10.1. The molecular formula is C16H12BrClN4OS. The molecule has 0 spiro atoms. The van der Waals surface area contributed by atoms with Crippen LogP contribution in [0.15, 0.2) is 46.0 Å². The van der Waals surface area contributed by atoms with Crippen LogP contribution in [0.2, 0.25) is 5.02 Å². The van der Waals surface area contributed by atoms with Crippen LogP contribution in [0.4, 0.5) is 0 Å². The fourth-order valence-corrected chi connectivity index (χ4v) is 3.19. The van der Waals surface area contributed by atoms with Gasteiger partial charge in [-0.05, 0) is 53.3 Å². The standard InChI is InChI=1S/C16H12BrClN4OS/c1-9-3-2-4-10(5-9)15-20-21-16(24)22(15)19-8-11-6-12(18)7-13(17)14(11)23/h2-8,23H,1H3,(H,21,24)/b19-8+. The summed E-state index contributed by atoms with van der Waals surface area (Å²) in [5, 5.41) is 21.9. The van der Waals surface area contributed by atoms with E-state index >= 15 is 0 Å². The zero-order chi connectivity index (χ0) is 17.3. The minimum Gasteiger partial charge on any atom is -0.506 e. The van der Waals surface area contributed by atoms with E-state index in [1.807, 2.05) is 31.2 Å². The molecule has 24 heavy (non-hydrogen) atoms. The molecule has 0 radical (unpaired) electrons. The van der Waals surface area contributed by atoms with Crippen molar-refractivity contribution in [1.82, 2.24) is 14.9 Å². The second-order valence-corrected chi connectivity index (χ2v) is 6.78. The van der Waals surface area contributed by atoms with Gasteiger partial charge in [-0.1, -0.05) is 35.4 Å². The van der Waals surface area contributed by atoms with E-state index in [4.69, 9.17) is 23.8 Å². The SMILES string of the molecule is Cc1cccc(-c2n[nH]c(=S)n2/N=C/c2cc(Cl)cc(Br)c2O)c1. The van der Waals surface area contributed by atoms with Gasteiger partial charge in [0, 0.05) is 16.1 Å². The van der Waals surface area contributed by atoms with Crippen molar-refractivity contribution in [3.63, 3.8) is 0 Å². The number of halogens is 2. The third kappa shape index (κ3) is 3.43. The van der Waals surface area contributed by atoms with E-state index in [9.17, 15) is 5.11 Å². The van der Waals surface area contributed by atoms with Crippen LogP contribution in [0.1, 0.15) is 11.1 Å². The first-order valence-electron chi connectivity index (χ1n) is 6.92. The highest BCUT2D eigenvalue weighted by Gasteiger charge is 2.09. The van der Waals surface area contributed by atoms with Crippen LogP contribution in [-0.2, 0) is 0 Å². The van der Waals surface area contributed by atoms with Gasteiger partial charge in [0.15, 0.2) is 5.82 Å². The van der Waals surface area contributed by atoms with Gasteiger partial charge < -0.3 is 5.11 Å². The van der Waals surface area contributed by atoms with Gasteiger partial charge in [0.2, 0.25) is 4.77 Å². The molecule has 0 saturated carbocycles. The summed E-state index contributed by atoms with van der Waals surface area (Å²) in [7, 11) is 0. The minimum absolute atomic E-state index is 0.0512. The van der Waals surface area contributed by atoms with Crippen molar-refractivity contribution in [3.8, 4) is 17.1 Å². The number of aromatic hydroxyl groups is 1. The fourth-order valence-electron chi connectivity index (χ4n) is 2.17. The highest BCUT2D eigenvalue weighted by atomic mass is 79.9. The molecule has 0 amide bonds. The molecule has 1 aromatic heterocycles. The Morgan fingerprint density at radius 2 is 2.17 bits per heavy atom. The molecule has 0 saturated heterocycles. The number of hydrogen-bond acceptors (Lipinski definition) is 4. The average Bonchev–Trinajstić information content (AvgIpc) is 2.90. The summed E-state index contributed by atoms with van der Waals surface area (Å²) >= 11 is 14.5. The molecule has 8 heteroatoms. The van der Waals surface area contributed by atoms with E-state index in [0.717, 1.165) is 11.1 Å². The molecule has 0 fully saturated rings. The monoisotopic (exact) mass is 422 g/mol. The molecule has 0 atom stereocenters. The van der Waals surface area contributed by atoms with Crippen molar-refractivity contribution in [2.75, 3.05) is 0 Å². The second kappa shape index (κ2) is 6.88. The molecule has 0 unspecified atom stereocenters. The van der Waals surface area contributed by atoms with Gasteiger partial charge in [-0.2, -0.15) is 14.9 Å². The van der Waals surface area contributed by atoms with Gasteiger partial charge in [0.05, 0.1) is 10.7 Å². The Kier molecular flexibility index (Phi) is 4.84. The Bertz CT molecular complexity index is 996. The van der Waals surface area contributed by atoms with Gasteiger partial charge in [-0.3, -0.25) is 0 Å². The molecule has 3 aromatic rings. The first-order chi connectivity index (χ1) is 11.5. The lowest BCUT2D eigenvalue weighted by molar-refractivity contribution is 0.471. The van der Waals surface area contributed by atoms with E-state index in [1.165, 1.54) is 10.9 Å². The Labute approximate surface area is 156 Å². The highest BCUT2D eigenvalue weighted by Crippen LogP contribution is 2.30. The third-order valence-corrected chi connectivity index (χ3v) is 4.38. The van der Waals surface area contributed by atoms with E-state index in [-0.39, 0.29) is 5.75 Å². The molecule has 0 aliphatic rings. The Morgan fingerprint density at radius 3 is 2.92 bits per heavy atom. The lowest BCUT2D eigenvalue weighted by Gasteiger charge is -2.04. The van der Waals surface area contributed by atoms with Crippen molar-refractivity contribution < 1.29 is 5.11 Å². The average molecular weight is 424 g/mol. The van der Waals surface area contributed by atoms with E-state index < -0.39 is 0 Å². The van der Waals surface area contributed by atoms with Crippen molar-refractivity contribution in [2.45, 2.75) is 6.92 Å². The number of nitrogens with one attached hydrogen (secondary N) is 1. The fraction of sp³-hybridized carbons (Fsp3) is 0.0625. The van der Waals surface area contributed by atoms with Gasteiger partial charge in [-0.15, -0.1) is 0 Å². The smallest absolute Gasteiger partial charge is 0.216 e. The van der Waals surface area contributed by atoms with Crippen LogP contribution in [-0.4, -0.2) is 26.2 Å². The second-order valence-electron chi connectivity index (χ2n) is 5.10. The summed E-state index contributed by atoms with van der Waals surface area (Å²) in [4.78, 5) is 0. The predicted molar refractivity (Wildman–Crippen MR) is 101 cm³/mol. The maximum absolute atomic E-state index is 10.1. The summed E-state index contributed by atoms with van der Waals surface area (Å²) in [5.74, 6) is 0.635. The normalized spacial score (nSPS) is 11.3. The molecular weight excluding hydrogens is 412 g/mol. The van der Waals surface area contributed by atoms with Gasteiger partial charge in [0.1, 0.15) is 5.75 Å². The van der Waals surface area contributed by atoms with Crippen LogP contribution < -0.4 is 0 Å². The maximum atomic E-state index is 10.1. The van der Waals surface area contributed by atoms with Crippen LogP contribution in [0.3, 0.4) is 0 Å². The molecule has 122 valence electrons. The minimum atomic E-state index is 0.0512. The lowest BCUT2D eigenvalue weighted by Crippen LogP contribution is -1.95.